The first-order chi connectivity index (χ1) is 57.3. The van der Waals surface area contributed by atoms with Gasteiger partial charge in [0, 0.05) is 76.6 Å². The first-order valence-corrected chi connectivity index (χ1v) is 40.6. The fourth-order valence-corrected chi connectivity index (χ4v) is 14.9. The lowest BCUT2D eigenvalue weighted by Gasteiger charge is -2.25. The maximum atomic E-state index is 3.59. The lowest BCUT2D eigenvalue weighted by Crippen LogP contribution is -2.09. The third-order valence-electron chi connectivity index (χ3n) is 20.4. The van der Waals surface area contributed by atoms with Gasteiger partial charge in [-0.3, -0.25) is 0 Å². The molecule has 116 heavy (non-hydrogen) atoms. The predicted octanol–water partition coefficient (Wildman–Crippen LogP) is 32.7. The van der Waals surface area contributed by atoms with E-state index in [1.807, 2.05) is 36.4 Å². The van der Waals surface area contributed by atoms with Crippen LogP contribution < -0.4 is 20.4 Å². The van der Waals surface area contributed by atoms with Gasteiger partial charge in [-0.15, -0.1) is 0 Å². The molecule has 19 aromatic rings. The second kappa shape index (κ2) is 37.5. The summed E-state index contributed by atoms with van der Waals surface area (Å²) in [5, 5.41) is 12.1. The molecule has 19 aromatic carbocycles. The van der Waals surface area contributed by atoms with Crippen molar-refractivity contribution in [1.29, 1.82) is 0 Å². The van der Waals surface area contributed by atoms with Crippen molar-refractivity contribution in [3.8, 4) is 77.9 Å². The molecule has 0 heterocycles. The number of rotatable bonds is 17. The third-order valence-corrected chi connectivity index (χ3v) is 21.5. The number of benzene rings is 19. The van der Waals surface area contributed by atoms with Gasteiger partial charge in [0.15, 0.2) is 0 Å². The van der Waals surface area contributed by atoms with Crippen LogP contribution in [0.3, 0.4) is 0 Å². The second-order valence-corrected chi connectivity index (χ2v) is 29.9. The second-order valence-electron chi connectivity index (χ2n) is 28.0. The Morgan fingerprint density at radius 1 is 0.147 bits per heavy atom. The average Bonchev–Trinajstić information content (AvgIpc) is 0.817. The predicted molar refractivity (Wildman–Crippen MR) is 503 cm³/mol. The van der Waals surface area contributed by atoms with Gasteiger partial charge < -0.3 is 20.4 Å². The van der Waals surface area contributed by atoms with E-state index in [4.69, 9.17) is 0 Å². The molecule has 19 rings (SSSR count). The largest absolute Gasteiger partial charge is 0.356 e. The van der Waals surface area contributed by atoms with Crippen molar-refractivity contribution in [1.82, 2.24) is 0 Å². The Balaban J connectivity index is 0.000000118. The fourth-order valence-electron chi connectivity index (χ4n) is 14.4. The van der Waals surface area contributed by atoms with Crippen LogP contribution in [-0.2, 0) is 0 Å². The molecule has 0 aliphatic heterocycles. The average molecular weight is 1620 g/mol. The van der Waals surface area contributed by atoms with Crippen molar-refractivity contribution in [2.24, 2.45) is 0 Å². The van der Waals surface area contributed by atoms with E-state index in [1.165, 1.54) is 99.4 Å². The van der Waals surface area contributed by atoms with E-state index in [0.29, 0.717) is 0 Å². The first kappa shape index (κ1) is 75.9. The molecule has 0 spiro atoms. The van der Waals surface area contributed by atoms with Gasteiger partial charge in [-0.05, 0) is 222 Å². The molecular weight excluding hydrogens is 1540 g/mol. The molecule has 0 aliphatic rings. The van der Waals surface area contributed by atoms with Crippen LogP contribution in [0.25, 0.3) is 99.4 Å². The molecule has 0 atom stereocenters. The molecule has 0 saturated heterocycles. The van der Waals surface area contributed by atoms with Crippen molar-refractivity contribution in [3.05, 3.63) is 494 Å². The maximum absolute atomic E-state index is 3.59. The van der Waals surface area contributed by atoms with Gasteiger partial charge in [0.1, 0.15) is 0 Å². The summed E-state index contributed by atoms with van der Waals surface area (Å²) in [5.41, 5.74) is 28.4. The summed E-state index contributed by atoms with van der Waals surface area (Å²) < 4.78 is 2.19. The summed E-state index contributed by atoms with van der Waals surface area (Å²) in [6.45, 7) is 0. The minimum atomic E-state index is 1.07. The molecule has 0 saturated carbocycles. The summed E-state index contributed by atoms with van der Waals surface area (Å²) in [6.07, 6.45) is 0. The number of nitrogens with zero attached hydrogens (tertiary/aromatic N) is 2. The molecule has 6 heteroatoms. The topological polar surface area (TPSA) is 30.5 Å². The van der Waals surface area contributed by atoms with E-state index >= 15 is 0 Å². The molecule has 556 valence electrons. The minimum Gasteiger partial charge on any atom is -0.356 e. The van der Waals surface area contributed by atoms with E-state index in [9.17, 15) is 0 Å². The van der Waals surface area contributed by atoms with E-state index in [-0.39, 0.29) is 0 Å². The summed E-state index contributed by atoms with van der Waals surface area (Å²) in [5.74, 6) is 0. The number of nitrogens with one attached hydrogen (secondary N) is 2. The molecule has 4 nitrogen and oxygen atoms in total. The Bertz CT molecular complexity index is 5990. The van der Waals surface area contributed by atoms with Gasteiger partial charge >= 0.3 is 0 Å². The smallest absolute Gasteiger partial charge is 0.0464 e. The van der Waals surface area contributed by atoms with Crippen LogP contribution in [0.1, 0.15) is 0 Å². The number of hydrogen-bond donors (Lipinski definition) is 2. The number of para-hydroxylation sites is 4. The Labute approximate surface area is 697 Å². The van der Waals surface area contributed by atoms with Crippen LogP contribution >= 0.6 is 31.9 Å². The van der Waals surface area contributed by atoms with E-state index < -0.39 is 0 Å². The van der Waals surface area contributed by atoms with Crippen molar-refractivity contribution in [3.63, 3.8) is 0 Å². The zero-order chi connectivity index (χ0) is 78.5. The summed E-state index contributed by atoms with van der Waals surface area (Å²) >= 11 is 7.00. The molecular formula is C110H82Br2N4. The molecule has 0 radical (unpaired) electrons. The Morgan fingerprint density at radius 2 is 0.336 bits per heavy atom. The van der Waals surface area contributed by atoms with Gasteiger partial charge in [-0.25, -0.2) is 0 Å². The molecule has 0 aromatic heterocycles. The zero-order valence-corrected chi connectivity index (χ0v) is 67.0. The third kappa shape index (κ3) is 19.1. The molecule has 0 aliphatic carbocycles. The van der Waals surface area contributed by atoms with Crippen molar-refractivity contribution >= 4 is 110 Å². The van der Waals surface area contributed by atoms with E-state index in [0.717, 1.165) is 65.8 Å². The highest BCUT2D eigenvalue weighted by atomic mass is 79.9. The van der Waals surface area contributed by atoms with Crippen molar-refractivity contribution in [2.45, 2.75) is 0 Å². The van der Waals surface area contributed by atoms with E-state index in [1.54, 1.807) is 0 Å². The summed E-state index contributed by atoms with van der Waals surface area (Å²) in [6, 6.07) is 170. The first-order valence-electron chi connectivity index (χ1n) is 39.0. The zero-order valence-electron chi connectivity index (χ0n) is 63.8. The normalized spacial score (nSPS) is 10.7. The highest BCUT2D eigenvalue weighted by Gasteiger charge is 2.15. The van der Waals surface area contributed by atoms with Gasteiger partial charge in [-0.2, -0.15) is 0 Å². The molecule has 0 bridgehead atoms. The van der Waals surface area contributed by atoms with Crippen LogP contribution in [0.15, 0.2) is 494 Å². The fraction of sp³-hybridized carbons (Fsp3) is 0. The monoisotopic (exact) mass is 1620 g/mol. The van der Waals surface area contributed by atoms with E-state index in [2.05, 4.69) is 501 Å². The standard InChI is InChI=1S/C36H27N.C30H22BrN.C24H18BrN.C20H15N/c1-3-7-27(8-4-1)29-11-15-31(16-12-29)33-19-23-35(24-20-33)37-36-25-21-34(22-26-36)32-17-13-30(14-18-32)28-9-5-2-6-10-28;31-27-19-15-25(16-20-27)23-11-13-24(14-12-23)26-17-21-30(22-18-26)32(28-7-3-1-4-8-28)29-9-5-2-6-10-29;25-21-15-11-19(12-16-21)20-13-17-24(18-14-20)26(22-7-3-1-4-8-22)23-9-5-2-6-10-23;1-3-11-17-15(7-1)9-5-13-19(17)21-20-14-6-10-16-8-2-4-12-18(16)20/h1-26,37H;1-22H;1-18H;1-14,21H. The highest BCUT2D eigenvalue weighted by molar-refractivity contribution is 9.10. The molecule has 0 fully saturated rings. The minimum absolute atomic E-state index is 1.07. The maximum Gasteiger partial charge on any atom is 0.0464 e. The van der Waals surface area contributed by atoms with Crippen LogP contribution in [0.4, 0.5) is 56.9 Å². The van der Waals surface area contributed by atoms with Crippen LogP contribution in [0, 0.1) is 0 Å². The number of hydrogen-bond acceptors (Lipinski definition) is 4. The Morgan fingerprint density at radius 3 is 0.603 bits per heavy atom. The van der Waals surface area contributed by atoms with Crippen LogP contribution in [0.5, 0.6) is 0 Å². The Hall–Kier alpha value is -14.1. The number of anilines is 10. The van der Waals surface area contributed by atoms with Gasteiger partial charge in [0.25, 0.3) is 0 Å². The molecule has 0 unspecified atom stereocenters. The lowest BCUT2D eigenvalue weighted by molar-refractivity contribution is 1.28. The Kier molecular flexibility index (Phi) is 24.5. The molecule has 0 amide bonds. The molecule has 2 N–H and O–H groups in total. The van der Waals surface area contributed by atoms with Gasteiger partial charge in [-0.1, -0.05) is 384 Å². The summed E-state index contributed by atoms with van der Waals surface area (Å²) in [7, 11) is 0. The lowest BCUT2D eigenvalue weighted by atomic mass is 10.00. The van der Waals surface area contributed by atoms with Gasteiger partial charge in [0.05, 0.1) is 0 Å². The van der Waals surface area contributed by atoms with Gasteiger partial charge in [0.2, 0.25) is 0 Å². The van der Waals surface area contributed by atoms with Crippen molar-refractivity contribution in [2.75, 3.05) is 20.4 Å². The number of fused-ring (bicyclic) bond motifs is 2. The highest BCUT2D eigenvalue weighted by Crippen LogP contribution is 2.40. The summed E-state index contributed by atoms with van der Waals surface area (Å²) in [4.78, 5) is 4.55. The van der Waals surface area contributed by atoms with Crippen LogP contribution in [0.2, 0.25) is 0 Å². The quantitative estimate of drug-likeness (QED) is 0.0951. The number of halogens is 2. The van der Waals surface area contributed by atoms with Crippen LogP contribution in [-0.4, -0.2) is 0 Å². The van der Waals surface area contributed by atoms with Crippen molar-refractivity contribution < 1.29 is 0 Å². The SMILES string of the molecule is Brc1ccc(-c2ccc(-c3ccc(N(c4ccccc4)c4ccccc4)cc3)cc2)cc1.Brc1ccc(-c2ccc(N(c3ccccc3)c3ccccc3)cc2)cc1.c1ccc(-c2ccc(-c3ccc(Nc4ccc(-c5ccc(-c6ccccc6)cc5)cc4)cc3)cc2)cc1.c1ccc2c(Nc3cccc4ccccc34)cccc2c1.